The molecule has 6 rings (SSSR count). The Morgan fingerprint density at radius 2 is 1.83 bits per heavy atom. The van der Waals surface area contributed by atoms with Crippen molar-refractivity contribution in [2.24, 2.45) is 15.9 Å². The first kappa shape index (κ1) is 32.4. The van der Waals surface area contributed by atoms with Gasteiger partial charge in [0.1, 0.15) is 11.6 Å². The molecule has 1 amide bonds. The molecular weight excluding hydrogens is 610 g/mol. The second-order valence-corrected chi connectivity index (χ2v) is 11.9. The fourth-order valence-corrected chi connectivity index (χ4v) is 6.64. The molecule has 1 saturated carbocycles. The van der Waals surface area contributed by atoms with Crippen LogP contribution in [-0.4, -0.2) is 85.5 Å². The van der Waals surface area contributed by atoms with E-state index in [4.69, 9.17) is 21.5 Å². The highest BCUT2D eigenvalue weighted by atomic mass is 16.6. The van der Waals surface area contributed by atoms with Crippen LogP contribution in [0.1, 0.15) is 42.5 Å². The third kappa shape index (κ3) is 7.08. The number of hydrazine groups is 1. The normalized spacial score (nSPS) is 19.8. The van der Waals surface area contributed by atoms with Gasteiger partial charge in [-0.1, -0.05) is 65.8 Å². The number of nitrogens with two attached hydrogens (primary N) is 1. The average Bonchev–Trinajstić information content (AvgIpc) is 3.80. The molecule has 15 heteroatoms. The molecule has 2 fully saturated rings. The van der Waals surface area contributed by atoms with Gasteiger partial charge >= 0.3 is 6.09 Å². The summed E-state index contributed by atoms with van der Waals surface area (Å²) < 4.78 is 7.61. The Balaban J connectivity index is 1.27. The summed E-state index contributed by atoms with van der Waals surface area (Å²) in [6, 6.07) is 19.4. The zero-order valence-corrected chi connectivity index (χ0v) is 26.5. The molecule has 2 aromatic carbocycles. The molecule has 248 valence electrons. The van der Waals surface area contributed by atoms with E-state index in [9.17, 15) is 4.79 Å². The predicted octanol–water partition coefficient (Wildman–Crippen LogP) is 4.42. The molecule has 1 aliphatic heterocycles. The number of aromatic amines is 1. The third-order valence-corrected chi connectivity index (χ3v) is 9.03. The van der Waals surface area contributed by atoms with E-state index in [2.05, 4.69) is 65.9 Å². The zero-order chi connectivity index (χ0) is 33.5. The van der Waals surface area contributed by atoms with Crippen molar-refractivity contribution in [2.75, 3.05) is 26.2 Å². The molecule has 2 aliphatic rings. The Hall–Kier alpha value is -5.50. The van der Waals surface area contributed by atoms with Crippen LogP contribution in [0.15, 0.2) is 95.3 Å². The molecule has 0 bridgehead atoms. The van der Waals surface area contributed by atoms with Crippen molar-refractivity contribution in [3.63, 3.8) is 0 Å². The van der Waals surface area contributed by atoms with E-state index in [0.717, 1.165) is 24.0 Å². The second-order valence-electron chi connectivity index (χ2n) is 11.9. The number of rotatable bonds is 11. The summed E-state index contributed by atoms with van der Waals surface area (Å²) in [4.78, 5) is 36.0. The number of allylic oxidation sites excluding steroid dienone is 1. The lowest BCUT2D eigenvalue weighted by Crippen LogP contribution is -2.53. The monoisotopic (exact) mass is 649 g/mol. The topological polar surface area (TPSA) is 194 Å². The maximum atomic E-state index is 13.2. The number of imidazole rings is 1. The van der Waals surface area contributed by atoms with Gasteiger partial charge in [-0.05, 0) is 42.6 Å². The summed E-state index contributed by atoms with van der Waals surface area (Å²) in [7, 11) is 0. The van der Waals surface area contributed by atoms with Crippen molar-refractivity contribution in [1.82, 2.24) is 34.3 Å². The molecule has 1 saturated heterocycles. The first-order valence-electron chi connectivity index (χ1n) is 15.9. The Bertz CT molecular complexity index is 1840. The van der Waals surface area contributed by atoms with E-state index in [1.165, 1.54) is 6.33 Å². The Kier molecular flexibility index (Phi) is 10.1. The minimum Gasteiger partial charge on any atom is -0.446 e. The molecular formula is C33H39N13O2. The van der Waals surface area contributed by atoms with E-state index in [1.54, 1.807) is 27.0 Å². The van der Waals surface area contributed by atoms with Crippen LogP contribution >= 0.6 is 0 Å². The molecule has 48 heavy (non-hydrogen) atoms. The van der Waals surface area contributed by atoms with Gasteiger partial charge in [0.2, 0.25) is 0 Å². The van der Waals surface area contributed by atoms with E-state index in [0.29, 0.717) is 49.5 Å². The van der Waals surface area contributed by atoms with Crippen molar-refractivity contribution < 1.29 is 9.53 Å². The molecule has 0 spiro atoms. The van der Waals surface area contributed by atoms with Gasteiger partial charge in [-0.15, -0.1) is 0 Å². The van der Waals surface area contributed by atoms with Crippen LogP contribution in [0, 0.1) is 5.41 Å². The van der Waals surface area contributed by atoms with Crippen molar-refractivity contribution in [3.8, 4) is 0 Å². The van der Waals surface area contributed by atoms with E-state index >= 15 is 0 Å². The SMILES string of the molecule is C=N/C(=C\N(N)[C@@H](c1ccccc1)[C@@H](c1ccccc1)N1CCN(C(=O)OC2CCCC2N=[N+]=[N-])CC1)Cn1cnc(=N)c2[nH]cnc21. The largest absolute Gasteiger partial charge is 0.446 e. The summed E-state index contributed by atoms with van der Waals surface area (Å²) in [5, 5.41) is 13.6. The van der Waals surface area contributed by atoms with Gasteiger partial charge < -0.3 is 24.2 Å². The van der Waals surface area contributed by atoms with Gasteiger partial charge in [0.05, 0.1) is 43.0 Å². The van der Waals surface area contributed by atoms with Gasteiger partial charge in [0, 0.05) is 37.3 Å². The molecule has 4 atom stereocenters. The number of piperazine rings is 1. The molecule has 3 heterocycles. The van der Waals surface area contributed by atoms with Crippen molar-refractivity contribution in [3.05, 3.63) is 112 Å². The minimum absolute atomic E-state index is 0.107. The number of aromatic nitrogens is 4. The minimum atomic E-state index is -0.390. The van der Waals surface area contributed by atoms with Crippen LogP contribution in [0.5, 0.6) is 0 Å². The number of hydrogen-bond acceptors (Lipinski definition) is 10. The highest BCUT2D eigenvalue weighted by Gasteiger charge is 2.37. The number of fused-ring (bicyclic) bond motifs is 1. The highest BCUT2D eigenvalue weighted by Crippen LogP contribution is 2.38. The lowest BCUT2D eigenvalue weighted by Gasteiger charge is -2.44. The first-order valence-corrected chi connectivity index (χ1v) is 15.9. The quantitative estimate of drug-likeness (QED) is 0.0534. The maximum Gasteiger partial charge on any atom is 0.410 e. The Morgan fingerprint density at radius 1 is 1.12 bits per heavy atom. The van der Waals surface area contributed by atoms with Crippen LogP contribution in [0.25, 0.3) is 21.6 Å². The van der Waals surface area contributed by atoms with E-state index in [1.807, 2.05) is 36.4 Å². The molecule has 4 N–H and O–H groups in total. The summed E-state index contributed by atoms with van der Waals surface area (Å²) >= 11 is 0. The summed E-state index contributed by atoms with van der Waals surface area (Å²) in [6.07, 6.45) is 6.40. The number of benzene rings is 2. The van der Waals surface area contributed by atoms with Crippen LogP contribution in [-0.2, 0) is 11.3 Å². The summed E-state index contributed by atoms with van der Waals surface area (Å²) in [5.74, 6) is 6.99. The van der Waals surface area contributed by atoms with Crippen molar-refractivity contribution >= 4 is 24.0 Å². The fourth-order valence-electron chi connectivity index (χ4n) is 6.64. The lowest BCUT2D eigenvalue weighted by atomic mass is 9.91. The number of H-pyrrole nitrogens is 1. The van der Waals surface area contributed by atoms with Crippen molar-refractivity contribution in [2.45, 2.75) is 50.0 Å². The molecule has 4 aromatic rings. The number of carbonyl (C=O) groups is 1. The third-order valence-electron chi connectivity index (χ3n) is 9.03. The van der Waals surface area contributed by atoms with Gasteiger partial charge in [0.25, 0.3) is 0 Å². The van der Waals surface area contributed by atoms with Gasteiger partial charge in [-0.2, -0.15) is 0 Å². The Morgan fingerprint density at radius 3 is 2.52 bits per heavy atom. The number of aliphatic imine (C=N–C) groups is 1. The molecule has 0 radical (unpaired) electrons. The van der Waals surface area contributed by atoms with Crippen LogP contribution in [0.4, 0.5) is 4.79 Å². The molecule has 2 unspecified atom stereocenters. The molecule has 2 aromatic heterocycles. The fraction of sp³-hybridized carbons (Fsp3) is 0.364. The number of azide groups is 1. The number of carbonyl (C=O) groups excluding carboxylic acids is 1. The van der Waals surface area contributed by atoms with Crippen molar-refractivity contribution in [1.29, 1.82) is 5.41 Å². The predicted molar refractivity (Wildman–Crippen MR) is 180 cm³/mol. The first-order chi connectivity index (χ1) is 23.5. The van der Waals surface area contributed by atoms with Gasteiger partial charge in [-0.3, -0.25) is 15.3 Å². The number of nitrogens with zero attached hydrogens (tertiary/aromatic N) is 10. The second kappa shape index (κ2) is 14.9. The highest BCUT2D eigenvalue weighted by molar-refractivity contribution is 5.68. The van der Waals surface area contributed by atoms with Gasteiger partial charge in [-0.25, -0.2) is 20.6 Å². The summed E-state index contributed by atoms with van der Waals surface area (Å²) in [5.41, 5.74) is 12.8. The molecule has 15 nitrogen and oxygen atoms in total. The van der Waals surface area contributed by atoms with E-state index in [-0.39, 0.29) is 42.4 Å². The van der Waals surface area contributed by atoms with E-state index < -0.39 is 0 Å². The average molecular weight is 650 g/mol. The summed E-state index contributed by atoms with van der Waals surface area (Å²) in [6.45, 7) is 6.21. The zero-order valence-electron chi connectivity index (χ0n) is 26.5. The number of amides is 1. The number of hydrogen-bond donors (Lipinski definition) is 3. The van der Waals surface area contributed by atoms with Crippen LogP contribution in [0.2, 0.25) is 0 Å². The van der Waals surface area contributed by atoms with Crippen LogP contribution in [0.3, 0.4) is 0 Å². The number of ether oxygens (including phenoxy) is 1. The smallest absolute Gasteiger partial charge is 0.410 e. The maximum absolute atomic E-state index is 13.2. The Labute approximate surface area is 277 Å². The van der Waals surface area contributed by atoms with Gasteiger partial charge in [0.15, 0.2) is 11.1 Å². The number of nitrogens with one attached hydrogen (secondary N) is 2. The molecule has 1 aliphatic carbocycles. The standard InChI is InChI=1S/C33H39N13O2/c1-37-25(19-45-22-40-31(34)28-32(45)39-21-38-28)20-46(36)30(24-11-6-3-7-12-24)29(23-9-4-2-5-10-23)43-15-17-44(18-16-43)33(47)48-27-14-8-13-26(27)41-42-35/h2-7,9-12,20-22,26-27,29-30,34H,1,8,13-19,36H2,(H,38,39)/b25-20-,34-31?/t26?,27?,29-,30+/m1/s1. The lowest BCUT2D eigenvalue weighted by molar-refractivity contribution is 0.0239. The van der Waals surface area contributed by atoms with Crippen LogP contribution < -0.4 is 11.3 Å².